The summed E-state index contributed by atoms with van der Waals surface area (Å²) in [7, 11) is 1.57. The van der Waals surface area contributed by atoms with Crippen LogP contribution in [-0.4, -0.2) is 7.11 Å². The van der Waals surface area contributed by atoms with Gasteiger partial charge in [-0.3, -0.25) is 0 Å². The molecule has 3 nitrogen and oxygen atoms in total. The van der Waals surface area contributed by atoms with E-state index in [-0.39, 0.29) is 24.8 Å². The molecule has 3 aromatic rings. The lowest BCUT2D eigenvalue weighted by atomic mass is 10.1. The zero-order chi connectivity index (χ0) is 19.9. The summed E-state index contributed by atoms with van der Waals surface area (Å²) in [4.78, 5) is 0. The summed E-state index contributed by atoms with van der Waals surface area (Å²) in [6.07, 6.45) is 0. The van der Waals surface area contributed by atoms with Crippen molar-refractivity contribution in [3.8, 4) is 11.5 Å². The molecule has 0 fully saturated rings. The molecule has 154 valence electrons. The van der Waals surface area contributed by atoms with E-state index in [1.165, 1.54) is 24.3 Å². The Morgan fingerprint density at radius 2 is 1.62 bits per heavy atom. The zero-order valence-electron chi connectivity index (χ0n) is 15.8. The van der Waals surface area contributed by atoms with Crippen molar-refractivity contribution in [2.45, 2.75) is 19.7 Å². The smallest absolute Gasteiger partial charge is 0.166 e. The molecule has 0 aromatic heterocycles. The van der Waals surface area contributed by atoms with Crippen molar-refractivity contribution in [3.05, 3.63) is 94.0 Å². The highest BCUT2D eigenvalue weighted by atomic mass is 35.5. The first-order chi connectivity index (χ1) is 13.6. The summed E-state index contributed by atoms with van der Waals surface area (Å²) in [6, 6.07) is 16.2. The van der Waals surface area contributed by atoms with Crippen LogP contribution >= 0.6 is 24.0 Å². The number of benzene rings is 3. The average molecular weight is 440 g/mol. The molecule has 0 aliphatic rings. The van der Waals surface area contributed by atoms with Gasteiger partial charge in [-0.2, -0.15) is 0 Å². The van der Waals surface area contributed by atoms with Gasteiger partial charge in [0.2, 0.25) is 0 Å². The van der Waals surface area contributed by atoms with Gasteiger partial charge in [-0.25, -0.2) is 8.78 Å². The molecule has 3 rings (SSSR count). The molecule has 0 radical (unpaired) electrons. The molecular formula is C22H21Cl2F2NO2. The van der Waals surface area contributed by atoms with Gasteiger partial charge in [0.25, 0.3) is 0 Å². The molecule has 1 N–H and O–H groups in total. The molecular weight excluding hydrogens is 419 g/mol. The quantitative estimate of drug-likeness (QED) is 0.472. The van der Waals surface area contributed by atoms with E-state index in [9.17, 15) is 8.78 Å². The fourth-order valence-corrected chi connectivity index (χ4v) is 2.98. The van der Waals surface area contributed by atoms with Gasteiger partial charge in [0.15, 0.2) is 11.5 Å². The van der Waals surface area contributed by atoms with Crippen LogP contribution in [0.5, 0.6) is 11.5 Å². The van der Waals surface area contributed by atoms with Crippen LogP contribution in [0.3, 0.4) is 0 Å². The summed E-state index contributed by atoms with van der Waals surface area (Å²) in [6.45, 7) is 1.30. The maximum absolute atomic E-state index is 13.2. The van der Waals surface area contributed by atoms with Crippen LogP contribution in [0.15, 0.2) is 60.7 Å². The molecule has 0 bridgehead atoms. The average Bonchev–Trinajstić information content (AvgIpc) is 2.69. The molecule has 29 heavy (non-hydrogen) atoms. The fraction of sp³-hybridized carbons (Fsp3) is 0.182. The first-order valence-corrected chi connectivity index (χ1v) is 9.12. The standard InChI is InChI=1S/C22H20ClF2NO2.ClH/c1-27-21-4-2-3-16(13-26-12-15-5-8-18(24)9-6-15)22(21)28-14-17-7-10-19(25)11-20(17)23;/h2-11,26H,12-14H2,1H3;1H. The minimum Gasteiger partial charge on any atom is -0.493 e. The van der Waals surface area contributed by atoms with Crippen molar-refractivity contribution < 1.29 is 18.3 Å². The first-order valence-electron chi connectivity index (χ1n) is 8.74. The molecule has 0 spiro atoms. The molecule has 0 aliphatic carbocycles. The Kier molecular flexibility index (Phi) is 8.70. The maximum atomic E-state index is 13.2. The third-order valence-corrected chi connectivity index (χ3v) is 4.58. The second kappa shape index (κ2) is 11.0. The van der Waals surface area contributed by atoms with Crippen LogP contribution in [0.2, 0.25) is 5.02 Å². The third-order valence-electron chi connectivity index (χ3n) is 4.23. The van der Waals surface area contributed by atoms with Crippen molar-refractivity contribution in [2.75, 3.05) is 7.11 Å². The third kappa shape index (κ3) is 6.32. The Labute approximate surface area is 180 Å². The highest BCUT2D eigenvalue weighted by Crippen LogP contribution is 2.32. The number of methoxy groups -OCH3 is 1. The van der Waals surface area contributed by atoms with E-state index in [1.807, 2.05) is 18.2 Å². The van der Waals surface area contributed by atoms with Gasteiger partial charge in [-0.05, 0) is 35.9 Å². The predicted molar refractivity (Wildman–Crippen MR) is 113 cm³/mol. The number of para-hydroxylation sites is 1. The van der Waals surface area contributed by atoms with Crippen molar-refractivity contribution in [3.63, 3.8) is 0 Å². The fourth-order valence-electron chi connectivity index (χ4n) is 2.76. The zero-order valence-corrected chi connectivity index (χ0v) is 17.3. The largest absolute Gasteiger partial charge is 0.493 e. The number of hydrogen-bond donors (Lipinski definition) is 1. The van der Waals surface area contributed by atoms with Crippen LogP contribution in [0.4, 0.5) is 8.78 Å². The van der Waals surface area contributed by atoms with Crippen LogP contribution < -0.4 is 14.8 Å². The van der Waals surface area contributed by atoms with E-state index in [4.69, 9.17) is 21.1 Å². The molecule has 0 saturated heterocycles. The Balaban J connectivity index is 0.00000300. The highest BCUT2D eigenvalue weighted by Gasteiger charge is 2.12. The summed E-state index contributed by atoms with van der Waals surface area (Å²) in [5, 5.41) is 3.62. The summed E-state index contributed by atoms with van der Waals surface area (Å²) >= 11 is 6.08. The molecule has 7 heteroatoms. The number of ether oxygens (including phenoxy) is 2. The second-order valence-electron chi connectivity index (χ2n) is 6.20. The molecule has 0 saturated carbocycles. The monoisotopic (exact) mass is 439 g/mol. The van der Waals surface area contributed by atoms with E-state index in [0.29, 0.717) is 35.2 Å². The summed E-state index contributed by atoms with van der Waals surface area (Å²) < 4.78 is 37.6. The number of hydrogen-bond acceptors (Lipinski definition) is 3. The number of halogens is 4. The topological polar surface area (TPSA) is 30.5 Å². The Bertz CT molecular complexity index is 937. The van der Waals surface area contributed by atoms with Crippen LogP contribution in [0.25, 0.3) is 0 Å². The molecule has 0 amide bonds. The van der Waals surface area contributed by atoms with E-state index in [0.717, 1.165) is 11.1 Å². The minimum absolute atomic E-state index is 0. The molecule has 0 unspecified atom stereocenters. The summed E-state index contributed by atoms with van der Waals surface area (Å²) in [5.41, 5.74) is 2.56. The molecule has 0 aliphatic heterocycles. The Morgan fingerprint density at radius 3 is 2.31 bits per heavy atom. The van der Waals surface area contributed by atoms with Crippen molar-refractivity contribution >= 4 is 24.0 Å². The lowest BCUT2D eigenvalue weighted by Gasteiger charge is -2.16. The number of rotatable bonds is 8. The predicted octanol–water partition coefficient (Wildman–Crippen LogP) is 5.92. The van der Waals surface area contributed by atoms with Gasteiger partial charge >= 0.3 is 0 Å². The van der Waals surface area contributed by atoms with Crippen molar-refractivity contribution in [1.29, 1.82) is 0 Å². The normalized spacial score (nSPS) is 10.3. The van der Waals surface area contributed by atoms with Gasteiger partial charge in [0, 0.05) is 24.2 Å². The lowest BCUT2D eigenvalue weighted by molar-refractivity contribution is 0.280. The van der Waals surface area contributed by atoms with Crippen molar-refractivity contribution in [2.24, 2.45) is 0 Å². The molecule has 0 atom stereocenters. The molecule has 3 aromatic carbocycles. The Hall–Kier alpha value is -2.34. The van der Waals surface area contributed by atoms with Gasteiger partial charge in [-0.1, -0.05) is 41.9 Å². The van der Waals surface area contributed by atoms with Gasteiger partial charge in [0.1, 0.15) is 18.2 Å². The van der Waals surface area contributed by atoms with Crippen LogP contribution in [0, 0.1) is 11.6 Å². The van der Waals surface area contributed by atoms with Gasteiger partial charge in [-0.15, -0.1) is 12.4 Å². The highest BCUT2D eigenvalue weighted by molar-refractivity contribution is 6.31. The van der Waals surface area contributed by atoms with E-state index in [2.05, 4.69) is 5.32 Å². The number of nitrogens with one attached hydrogen (secondary N) is 1. The molecule has 0 heterocycles. The van der Waals surface area contributed by atoms with Gasteiger partial charge < -0.3 is 14.8 Å². The van der Waals surface area contributed by atoms with Crippen LogP contribution in [-0.2, 0) is 19.7 Å². The van der Waals surface area contributed by atoms with Crippen LogP contribution in [0.1, 0.15) is 16.7 Å². The van der Waals surface area contributed by atoms with E-state index >= 15 is 0 Å². The lowest BCUT2D eigenvalue weighted by Crippen LogP contribution is -2.14. The Morgan fingerprint density at radius 1 is 0.897 bits per heavy atom. The van der Waals surface area contributed by atoms with Gasteiger partial charge in [0.05, 0.1) is 12.1 Å². The van der Waals surface area contributed by atoms with Crippen molar-refractivity contribution in [1.82, 2.24) is 5.32 Å². The summed E-state index contributed by atoms with van der Waals surface area (Å²) in [5.74, 6) is 0.541. The van der Waals surface area contributed by atoms with E-state index < -0.39 is 5.82 Å². The minimum atomic E-state index is -0.392. The SMILES string of the molecule is COc1cccc(CNCc2ccc(F)cc2)c1OCc1ccc(F)cc1Cl.Cl. The maximum Gasteiger partial charge on any atom is 0.166 e. The van der Waals surface area contributed by atoms with E-state index in [1.54, 1.807) is 25.3 Å². The first kappa shape index (κ1) is 22.9. The second-order valence-corrected chi connectivity index (χ2v) is 6.61.